The van der Waals surface area contributed by atoms with Crippen molar-refractivity contribution in [3.8, 4) is 11.1 Å². The van der Waals surface area contributed by atoms with Crippen molar-refractivity contribution >= 4 is 5.91 Å². The summed E-state index contributed by atoms with van der Waals surface area (Å²) < 4.78 is 0. The van der Waals surface area contributed by atoms with Gasteiger partial charge in [-0.2, -0.15) is 0 Å². The zero-order valence-corrected chi connectivity index (χ0v) is 15.5. The second-order valence-electron chi connectivity index (χ2n) is 7.19. The number of nitrogens with one attached hydrogen (secondary N) is 1. The molecule has 1 fully saturated rings. The van der Waals surface area contributed by atoms with Crippen molar-refractivity contribution in [3.05, 3.63) is 59.7 Å². The van der Waals surface area contributed by atoms with E-state index >= 15 is 0 Å². The number of benzene rings is 2. The maximum absolute atomic E-state index is 11.8. The zero-order valence-electron chi connectivity index (χ0n) is 15.5. The largest absolute Gasteiger partial charge is 0.396 e. The summed E-state index contributed by atoms with van der Waals surface area (Å²) >= 11 is 0. The Morgan fingerprint density at radius 2 is 1.82 bits per heavy atom. The Labute approximate surface area is 162 Å². The fraction of sp³-hybridized carbons (Fsp3) is 0.381. The Morgan fingerprint density at radius 3 is 2.43 bits per heavy atom. The standard InChI is InChI=1S/C21H25NO6/c1-22-20(27)15-4-2-3-14(10-15)13-7-5-12(6-8-13)9-17(24)21(28)16(11-23)18(25)19(21)26/h2-8,10,16-19,23-26,28H,9,11H2,1H3,(H,22,27). The van der Waals surface area contributed by atoms with Gasteiger partial charge >= 0.3 is 0 Å². The van der Waals surface area contributed by atoms with Gasteiger partial charge in [-0.3, -0.25) is 4.79 Å². The predicted octanol–water partition coefficient (Wildman–Crippen LogP) is -0.308. The maximum Gasteiger partial charge on any atom is 0.251 e. The third kappa shape index (κ3) is 3.43. The average Bonchev–Trinajstić information content (AvgIpc) is 2.73. The Hall–Kier alpha value is -2.29. The number of aliphatic hydroxyl groups excluding tert-OH is 4. The van der Waals surface area contributed by atoms with Crippen LogP contribution >= 0.6 is 0 Å². The molecule has 0 aromatic heterocycles. The molecule has 1 amide bonds. The minimum Gasteiger partial charge on any atom is -0.396 e. The molecule has 2 aromatic carbocycles. The molecule has 0 saturated heterocycles. The lowest BCUT2D eigenvalue weighted by atomic mass is 9.61. The van der Waals surface area contributed by atoms with Crippen LogP contribution in [-0.2, 0) is 6.42 Å². The molecule has 5 unspecified atom stereocenters. The van der Waals surface area contributed by atoms with Gasteiger partial charge < -0.3 is 30.8 Å². The summed E-state index contributed by atoms with van der Waals surface area (Å²) in [7, 11) is 1.57. The molecule has 1 aliphatic carbocycles. The molecule has 2 aromatic rings. The Balaban J connectivity index is 1.74. The predicted molar refractivity (Wildman–Crippen MR) is 103 cm³/mol. The summed E-state index contributed by atoms with van der Waals surface area (Å²) in [5.74, 6) is -1.17. The lowest BCUT2D eigenvalue weighted by molar-refractivity contribution is -0.300. The van der Waals surface area contributed by atoms with Crippen molar-refractivity contribution in [2.24, 2.45) is 5.92 Å². The van der Waals surface area contributed by atoms with Crippen LogP contribution in [0.2, 0.25) is 0 Å². The van der Waals surface area contributed by atoms with E-state index in [1.807, 2.05) is 18.2 Å². The first-order valence-electron chi connectivity index (χ1n) is 9.11. The molecule has 0 bridgehead atoms. The second-order valence-corrected chi connectivity index (χ2v) is 7.19. The van der Waals surface area contributed by atoms with E-state index in [2.05, 4.69) is 5.32 Å². The molecule has 0 spiro atoms. The van der Waals surface area contributed by atoms with E-state index in [0.29, 0.717) is 5.56 Å². The highest BCUT2D eigenvalue weighted by Gasteiger charge is 2.63. The van der Waals surface area contributed by atoms with Crippen LogP contribution in [0, 0.1) is 5.92 Å². The molecule has 1 saturated carbocycles. The molecule has 28 heavy (non-hydrogen) atoms. The Bertz CT molecular complexity index is 839. The topological polar surface area (TPSA) is 130 Å². The van der Waals surface area contributed by atoms with Crippen molar-refractivity contribution in [1.29, 1.82) is 0 Å². The van der Waals surface area contributed by atoms with Crippen LogP contribution < -0.4 is 5.32 Å². The molecule has 7 nitrogen and oxygen atoms in total. The molecular weight excluding hydrogens is 362 g/mol. The van der Waals surface area contributed by atoms with Gasteiger partial charge in [-0.25, -0.2) is 0 Å². The Kier molecular flexibility index (Phi) is 5.83. The minimum absolute atomic E-state index is 0.0509. The summed E-state index contributed by atoms with van der Waals surface area (Å²) in [4.78, 5) is 11.8. The zero-order chi connectivity index (χ0) is 20.5. The van der Waals surface area contributed by atoms with Gasteiger partial charge in [0.2, 0.25) is 0 Å². The highest BCUT2D eigenvalue weighted by atomic mass is 16.4. The smallest absolute Gasteiger partial charge is 0.251 e. The van der Waals surface area contributed by atoms with Gasteiger partial charge in [-0.15, -0.1) is 0 Å². The number of amides is 1. The first-order valence-corrected chi connectivity index (χ1v) is 9.11. The molecule has 1 aliphatic rings. The normalized spacial score (nSPS) is 27.7. The molecule has 0 radical (unpaired) electrons. The summed E-state index contributed by atoms with van der Waals surface area (Å²) in [5, 5.41) is 52.3. The first-order chi connectivity index (χ1) is 13.3. The molecule has 150 valence electrons. The summed E-state index contributed by atoms with van der Waals surface area (Å²) in [6.45, 7) is -0.535. The van der Waals surface area contributed by atoms with E-state index in [1.165, 1.54) is 0 Å². The van der Waals surface area contributed by atoms with E-state index in [9.17, 15) is 30.3 Å². The molecule has 3 rings (SSSR count). The van der Waals surface area contributed by atoms with Crippen LogP contribution in [0.15, 0.2) is 48.5 Å². The first kappa shape index (κ1) is 20.4. The second kappa shape index (κ2) is 7.98. The van der Waals surface area contributed by atoms with Crippen LogP contribution in [0.1, 0.15) is 15.9 Å². The van der Waals surface area contributed by atoms with Gasteiger partial charge in [0.25, 0.3) is 5.91 Å². The quantitative estimate of drug-likeness (QED) is 0.403. The highest BCUT2D eigenvalue weighted by Crippen LogP contribution is 2.42. The number of carbonyl (C=O) groups is 1. The number of hydrogen-bond donors (Lipinski definition) is 6. The fourth-order valence-electron chi connectivity index (χ4n) is 3.77. The van der Waals surface area contributed by atoms with E-state index in [1.54, 1.807) is 37.4 Å². The van der Waals surface area contributed by atoms with E-state index in [0.717, 1.165) is 16.7 Å². The van der Waals surface area contributed by atoms with Crippen LogP contribution in [0.25, 0.3) is 11.1 Å². The fourth-order valence-corrected chi connectivity index (χ4v) is 3.77. The van der Waals surface area contributed by atoms with Gasteiger partial charge in [0.15, 0.2) is 0 Å². The highest BCUT2D eigenvalue weighted by molar-refractivity contribution is 5.95. The van der Waals surface area contributed by atoms with Gasteiger partial charge in [-0.05, 0) is 28.8 Å². The van der Waals surface area contributed by atoms with E-state index in [4.69, 9.17) is 0 Å². The number of carbonyl (C=O) groups excluding carboxylic acids is 1. The molecule has 0 heterocycles. The molecule has 6 N–H and O–H groups in total. The van der Waals surface area contributed by atoms with Crippen LogP contribution in [-0.4, -0.2) is 69.0 Å². The summed E-state index contributed by atoms with van der Waals surface area (Å²) in [6.07, 6.45) is -4.06. The monoisotopic (exact) mass is 387 g/mol. The number of aliphatic hydroxyl groups is 5. The molecule has 5 atom stereocenters. The SMILES string of the molecule is CNC(=O)c1cccc(-c2ccc(CC(O)C3(O)C(O)C(O)C3CO)cc2)c1. The van der Waals surface area contributed by atoms with Crippen molar-refractivity contribution in [1.82, 2.24) is 5.32 Å². The Morgan fingerprint density at radius 1 is 1.14 bits per heavy atom. The molecule has 7 heteroatoms. The van der Waals surface area contributed by atoms with Gasteiger partial charge in [0, 0.05) is 24.9 Å². The van der Waals surface area contributed by atoms with Crippen LogP contribution in [0.5, 0.6) is 0 Å². The van der Waals surface area contributed by atoms with Crippen LogP contribution in [0.3, 0.4) is 0 Å². The van der Waals surface area contributed by atoms with Crippen molar-refractivity contribution in [3.63, 3.8) is 0 Å². The lowest BCUT2D eigenvalue weighted by Crippen LogP contribution is -2.75. The third-order valence-corrected chi connectivity index (χ3v) is 5.60. The van der Waals surface area contributed by atoms with Crippen molar-refractivity contribution < 1.29 is 30.3 Å². The third-order valence-electron chi connectivity index (χ3n) is 5.60. The molecular formula is C21H25NO6. The van der Waals surface area contributed by atoms with Gasteiger partial charge in [-0.1, -0.05) is 36.4 Å². The van der Waals surface area contributed by atoms with E-state index in [-0.39, 0.29) is 12.3 Å². The maximum atomic E-state index is 11.8. The van der Waals surface area contributed by atoms with Crippen molar-refractivity contribution in [2.75, 3.05) is 13.7 Å². The van der Waals surface area contributed by atoms with Crippen molar-refractivity contribution in [2.45, 2.75) is 30.3 Å². The van der Waals surface area contributed by atoms with Gasteiger partial charge in [0.1, 0.15) is 11.7 Å². The number of hydrogen-bond acceptors (Lipinski definition) is 6. The summed E-state index contributed by atoms with van der Waals surface area (Å²) in [5.41, 5.74) is 1.07. The average molecular weight is 387 g/mol. The molecule has 0 aliphatic heterocycles. The van der Waals surface area contributed by atoms with Crippen LogP contribution in [0.4, 0.5) is 0 Å². The van der Waals surface area contributed by atoms with E-state index < -0.39 is 36.4 Å². The lowest BCUT2D eigenvalue weighted by Gasteiger charge is -2.55. The summed E-state index contributed by atoms with van der Waals surface area (Å²) in [6, 6.07) is 14.4. The van der Waals surface area contributed by atoms with Gasteiger partial charge in [0.05, 0.1) is 18.8 Å². The minimum atomic E-state index is -1.95. The number of rotatable bonds is 6.